The van der Waals surface area contributed by atoms with Gasteiger partial charge in [0.15, 0.2) is 4.21 Å². The third kappa shape index (κ3) is 3.36. The van der Waals surface area contributed by atoms with Crippen LogP contribution in [-0.2, 0) is 16.4 Å². The van der Waals surface area contributed by atoms with E-state index in [0.717, 1.165) is 11.1 Å². The van der Waals surface area contributed by atoms with E-state index in [4.69, 9.17) is 0 Å². The van der Waals surface area contributed by atoms with E-state index in [9.17, 15) is 13.2 Å². The molecule has 1 heterocycles. The summed E-state index contributed by atoms with van der Waals surface area (Å²) in [4.78, 5) is 13.3. The van der Waals surface area contributed by atoms with Crippen molar-refractivity contribution in [3.63, 3.8) is 0 Å². The molecule has 1 aromatic heterocycles. The Morgan fingerprint density at radius 3 is 2.55 bits per heavy atom. The predicted molar refractivity (Wildman–Crippen MR) is 79.7 cm³/mol. The molecule has 0 aliphatic heterocycles. The summed E-state index contributed by atoms with van der Waals surface area (Å²) in [7, 11) is -3.62. The highest BCUT2D eigenvalue weighted by molar-refractivity contribution is 7.91. The van der Waals surface area contributed by atoms with Gasteiger partial charge in [-0.1, -0.05) is 35.6 Å². The first-order chi connectivity index (χ1) is 9.40. The lowest BCUT2D eigenvalue weighted by molar-refractivity contribution is 0.583. The van der Waals surface area contributed by atoms with Gasteiger partial charge in [0, 0.05) is 12.2 Å². The summed E-state index contributed by atoms with van der Waals surface area (Å²) < 4.78 is 26.8. The normalized spacial score (nSPS) is 11.7. The smallest absolute Gasteiger partial charge is 0.305 e. The first-order valence-electron chi connectivity index (χ1n) is 6.14. The zero-order chi connectivity index (χ0) is 14.8. The molecule has 0 saturated heterocycles. The summed E-state index contributed by atoms with van der Waals surface area (Å²) in [5, 5.41) is 0. The van der Waals surface area contributed by atoms with Crippen molar-refractivity contribution in [3.8, 4) is 0 Å². The van der Waals surface area contributed by atoms with E-state index in [2.05, 4.69) is 9.71 Å². The van der Waals surface area contributed by atoms with Gasteiger partial charge in [-0.3, -0.25) is 4.79 Å². The lowest BCUT2D eigenvalue weighted by Crippen LogP contribution is -2.26. The summed E-state index contributed by atoms with van der Waals surface area (Å²) in [6.07, 6.45) is 0.615. The molecule has 20 heavy (non-hydrogen) atoms. The summed E-state index contributed by atoms with van der Waals surface area (Å²) >= 11 is 0.709. The predicted octanol–water partition coefficient (Wildman–Crippen LogP) is 1.57. The van der Waals surface area contributed by atoms with Crippen LogP contribution < -0.4 is 9.60 Å². The van der Waals surface area contributed by atoms with E-state index in [1.165, 1.54) is 0 Å². The number of thiazole rings is 1. The minimum absolute atomic E-state index is 0.0623. The van der Waals surface area contributed by atoms with E-state index in [0.29, 0.717) is 30.0 Å². The second kappa shape index (κ2) is 5.90. The molecule has 7 heteroatoms. The summed E-state index contributed by atoms with van der Waals surface area (Å²) in [6.45, 7) is 3.87. The average Bonchev–Trinajstić information content (AvgIpc) is 2.72. The molecule has 0 saturated carbocycles. The maximum atomic E-state index is 12.1. The molecule has 1 aromatic carbocycles. The van der Waals surface area contributed by atoms with Crippen LogP contribution in [0.3, 0.4) is 0 Å². The molecule has 0 bridgehead atoms. The Labute approximate surface area is 121 Å². The SMILES string of the molecule is Cc1ccccc1CCNS(=O)(=O)c1sc(=O)[nH]c1C. The Kier molecular flexibility index (Phi) is 4.42. The number of nitrogens with one attached hydrogen (secondary N) is 2. The van der Waals surface area contributed by atoms with Crippen LogP contribution in [0, 0.1) is 13.8 Å². The van der Waals surface area contributed by atoms with Crippen molar-refractivity contribution < 1.29 is 8.42 Å². The van der Waals surface area contributed by atoms with Crippen molar-refractivity contribution in [2.75, 3.05) is 6.54 Å². The van der Waals surface area contributed by atoms with Gasteiger partial charge >= 0.3 is 4.87 Å². The molecule has 0 radical (unpaired) electrons. The standard InChI is InChI=1S/C13H16N2O3S2/c1-9-5-3-4-6-11(9)7-8-14-20(17,18)12-10(2)15-13(16)19-12/h3-6,14H,7-8H2,1-2H3,(H,15,16). The van der Waals surface area contributed by atoms with Gasteiger partial charge in [0.2, 0.25) is 0 Å². The Morgan fingerprint density at radius 2 is 1.95 bits per heavy atom. The number of sulfonamides is 1. The van der Waals surface area contributed by atoms with Gasteiger partial charge in [0.05, 0.1) is 0 Å². The van der Waals surface area contributed by atoms with Gasteiger partial charge in [-0.25, -0.2) is 13.1 Å². The van der Waals surface area contributed by atoms with Crippen LogP contribution in [0.1, 0.15) is 16.8 Å². The molecular formula is C13H16N2O3S2. The molecule has 0 spiro atoms. The van der Waals surface area contributed by atoms with Crippen LogP contribution in [0.5, 0.6) is 0 Å². The van der Waals surface area contributed by atoms with Gasteiger partial charge in [-0.2, -0.15) is 0 Å². The highest BCUT2D eigenvalue weighted by Gasteiger charge is 2.19. The van der Waals surface area contributed by atoms with Crippen LogP contribution in [-0.4, -0.2) is 19.9 Å². The molecule has 2 rings (SSSR count). The van der Waals surface area contributed by atoms with Gasteiger partial charge in [-0.15, -0.1) is 0 Å². The summed E-state index contributed by atoms with van der Waals surface area (Å²) in [5.41, 5.74) is 2.62. The van der Waals surface area contributed by atoms with Crippen molar-refractivity contribution in [2.45, 2.75) is 24.5 Å². The highest BCUT2D eigenvalue weighted by Crippen LogP contribution is 2.15. The quantitative estimate of drug-likeness (QED) is 0.879. The Hall–Kier alpha value is -1.44. The molecule has 108 valence electrons. The molecule has 0 amide bonds. The lowest BCUT2D eigenvalue weighted by atomic mass is 10.1. The first-order valence-corrected chi connectivity index (χ1v) is 8.44. The van der Waals surface area contributed by atoms with E-state index in [-0.39, 0.29) is 9.08 Å². The van der Waals surface area contributed by atoms with Crippen LogP contribution in [0.25, 0.3) is 0 Å². The van der Waals surface area contributed by atoms with E-state index >= 15 is 0 Å². The monoisotopic (exact) mass is 312 g/mol. The van der Waals surface area contributed by atoms with Gasteiger partial charge in [0.1, 0.15) is 0 Å². The Balaban J connectivity index is 2.06. The van der Waals surface area contributed by atoms with Crippen LogP contribution >= 0.6 is 11.3 Å². The van der Waals surface area contributed by atoms with E-state index < -0.39 is 10.0 Å². The van der Waals surface area contributed by atoms with Gasteiger partial charge in [0.25, 0.3) is 10.0 Å². The maximum absolute atomic E-state index is 12.1. The Morgan fingerprint density at radius 1 is 1.25 bits per heavy atom. The second-order valence-electron chi connectivity index (χ2n) is 4.50. The van der Waals surface area contributed by atoms with Gasteiger partial charge in [-0.05, 0) is 31.4 Å². The number of H-pyrrole nitrogens is 1. The van der Waals surface area contributed by atoms with E-state index in [1.54, 1.807) is 6.92 Å². The zero-order valence-corrected chi connectivity index (χ0v) is 12.9. The second-order valence-corrected chi connectivity index (χ2v) is 7.45. The largest absolute Gasteiger partial charge is 0.315 e. The van der Waals surface area contributed by atoms with Crippen molar-refractivity contribution in [2.24, 2.45) is 0 Å². The molecule has 0 unspecified atom stereocenters. The maximum Gasteiger partial charge on any atom is 0.305 e. The number of benzene rings is 1. The van der Waals surface area contributed by atoms with Crippen LogP contribution in [0.4, 0.5) is 0 Å². The topological polar surface area (TPSA) is 79.0 Å². The number of aromatic amines is 1. The fraction of sp³-hybridized carbons (Fsp3) is 0.308. The fourth-order valence-corrected chi connectivity index (χ4v) is 4.30. The van der Waals surface area contributed by atoms with Crippen LogP contribution in [0.15, 0.2) is 33.3 Å². The van der Waals surface area contributed by atoms with Crippen LogP contribution in [0.2, 0.25) is 0 Å². The van der Waals surface area contributed by atoms with Crippen molar-refractivity contribution in [1.82, 2.24) is 9.71 Å². The molecule has 0 aliphatic carbocycles. The number of aromatic nitrogens is 1. The Bertz CT molecular complexity index is 760. The molecule has 0 aliphatic rings. The highest BCUT2D eigenvalue weighted by atomic mass is 32.2. The number of rotatable bonds is 5. The lowest BCUT2D eigenvalue weighted by Gasteiger charge is -2.07. The molecular weight excluding hydrogens is 296 g/mol. The number of aryl methyl sites for hydroxylation is 2. The third-order valence-electron chi connectivity index (χ3n) is 2.97. The third-order valence-corrected chi connectivity index (χ3v) is 6.04. The van der Waals surface area contributed by atoms with E-state index in [1.807, 2.05) is 31.2 Å². The summed E-state index contributed by atoms with van der Waals surface area (Å²) in [5.74, 6) is 0. The fourth-order valence-electron chi connectivity index (χ4n) is 1.92. The zero-order valence-electron chi connectivity index (χ0n) is 11.3. The number of hydrogen-bond donors (Lipinski definition) is 2. The van der Waals surface area contributed by atoms with Crippen molar-refractivity contribution >= 4 is 21.4 Å². The molecule has 0 atom stereocenters. The van der Waals surface area contributed by atoms with Gasteiger partial charge < -0.3 is 4.98 Å². The molecule has 2 aromatic rings. The molecule has 0 fully saturated rings. The average molecular weight is 312 g/mol. The summed E-state index contributed by atoms with van der Waals surface area (Å²) in [6, 6.07) is 7.85. The first kappa shape index (κ1) is 15.0. The minimum Gasteiger partial charge on any atom is -0.315 e. The minimum atomic E-state index is -3.62. The van der Waals surface area contributed by atoms with Crippen molar-refractivity contribution in [3.05, 3.63) is 50.8 Å². The molecule has 2 N–H and O–H groups in total. The molecule has 5 nitrogen and oxygen atoms in total. The number of hydrogen-bond acceptors (Lipinski definition) is 4. The van der Waals surface area contributed by atoms with Crippen molar-refractivity contribution in [1.29, 1.82) is 0 Å².